The Kier molecular flexibility index (Phi) is 7.45. The second kappa shape index (κ2) is 9.59. The highest BCUT2D eigenvalue weighted by Gasteiger charge is 2.15. The zero-order valence-corrected chi connectivity index (χ0v) is 18.0. The van der Waals surface area contributed by atoms with Crippen LogP contribution < -0.4 is 10.1 Å². The van der Waals surface area contributed by atoms with Gasteiger partial charge in [-0.1, -0.05) is 30.3 Å². The minimum Gasteiger partial charge on any atom is -0.481 e. The van der Waals surface area contributed by atoms with Gasteiger partial charge in [-0.25, -0.2) is 9.59 Å². The summed E-state index contributed by atoms with van der Waals surface area (Å²) in [6, 6.07) is 13.5. The largest absolute Gasteiger partial charge is 0.481 e. The number of esters is 1. The molecule has 28 heavy (non-hydrogen) atoms. The Hall–Kier alpha value is -2.54. The van der Waals surface area contributed by atoms with Gasteiger partial charge in [0.2, 0.25) is 0 Å². The molecule has 0 aliphatic heterocycles. The zero-order chi connectivity index (χ0) is 20.7. The molecule has 0 aliphatic rings. The molecule has 0 saturated carbocycles. The van der Waals surface area contributed by atoms with Crippen LogP contribution in [-0.4, -0.2) is 31.4 Å². The van der Waals surface area contributed by atoms with Gasteiger partial charge in [-0.15, -0.1) is 0 Å². The first-order valence-corrected chi connectivity index (χ1v) is 9.52. The Labute approximate surface area is 173 Å². The maximum Gasteiger partial charge on any atom is 0.407 e. The molecule has 6 nitrogen and oxygen atoms in total. The fourth-order valence-electron chi connectivity index (χ4n) is 2.30. The number of nitrogens with one attached hydrogen (secondary N) is 1. The number of carbonyl (C=O) groups excluding carboxylic acids is 2. The summed E-state index contributed by atoms with van der Waals surface area (Å²) in [4.78, 5) is 22.9. The second-order valence-electron chi connectivity index (χ2n) is 7.06. The molecule has 7 heteroatoms. The predicted octanol–water partition coefficient (Wildman–Crippen LogP) is 4.69. The Balaban J connectivity index is 1.98. The molecule has 1 N–H and O–H groups in total. The highest BCUT2D eigenvalue weighted by molar-refractivity contribution is 9.10. The third-order valence-corrected chi connectivity index (χ3v) is 4.25. The summed E-state index contributed by atoms with van der Waals surface area (Å²) >= 11 is 3.46. The average molecular weight is 450 g/mol. The molecule has 0 heterocycles. The van der Waals surface area contributed by atoms with Gasteiger partial charge in [0.25, 0.3) is 0 Å². The van der Waals surface area contributed by atoms with Crippen LogP contribution >= 0.6 is 15.9 Å². The van der Waals surface area contributed by atoms with Crippen LogP contribution in [-0.2, 0) is 20.8 Å². The Morgan fingerprint density at radius 3 is 2.25 bits per heavy atom. The van der Waals surface area contributed by atoms with Gasteiger partial charge in [-0.3, -0.25) is 0 Å². The molecular formula is C21H24BrNO5. The number of hydrogen-bond acceptors (Lipinski definition) is 5. The second-order valence-corrected chi connectivity index (χ2v) is 7.92. The number of amides is 1. The van der Waals surface area contributed by atoms with Gasteiger partial charge < -0.3 is 19.5 Å². The van der Waals surface area contributed by atoms with Crippen molar-refractivity contribution in [2.75, 3.05) is 13.7 Å². The number of halogens is 1. The lowest BCUT2D eigenvalue weighted by atomic mass is 10.0. The Morgan fingerprint density at radius 1 is 1.04 bits per heavy atom. The van der Waals surface area contributed by atoms with E-state index in [1.54, 1.807) is 6.07 Å². The van der Waals surface area contributed by atoms with Gasteiger partial charge in [0.15, 0.2) is 6.61 Å². The van der Waals surface area contributed by atoms with Crippen LogP contribution in [0.15, 0.2) is 46.9 Å². The fraction of sp³-hybridized carbons (Fsp3) is 0.333. The van der Waals surface area contributed by atoms with Gasteiger partial charge in [0.05, 0.1) is 11.6 Å². The summed E-state index contributed by atoms with van der Waals surface area (Å²) in [5, 5.41) is 2.74. The van der Waals surface area contributed by atoms with Gasteiger partial charge >= 0.3 is 12.1 Å². The number of methoxy groups -OCH3 is 1. The first-order valence-electron chi connectivity index (χ1n) is 8.73. The minimum atomic E-state index is -0.520. The molecule has 0 atom stereocenters. The number of ether oxygens (including phenoxy) is 3. The fourth-order valence-corrected chi connectivity index (χ4v) is 2.79. The van der Waals surface area contributed by atoms with Crippen LogP contribution in [0.1, 0.15) is 26.3 Å². The smallest absolute Gasteiger partial charge is 0.407 e. The first kappa shape index (κ1) is 21.8. The van der Waals surface area contributed by atoms with Crippen molar-refractivity contribution in [1.82, 2.24) is 5.32 Å². The van der Waals surface area contributed by atoms with Crippen LogP contribution in [0.25, 0.3) is 11.1 Å². The summed E-state index contributed by atoms with van der Waals surface area (Å²) in [5.74, 6) is 0.124. The molecule has 2 aromatic carbocycles. The maximum absolute atomic E-state index is 11.7. The van der Waals surface area contributed by atoms with Gasteiger partial charge in [-0.2, -0.15) is 0 Å². The van der Waals surface area contributed by atoms with E-state index in [9.17, 15) is 9.59 Å². The number of rotatable bonds is 6. The summed E-state index contributed by atoms with van der Waals surface area (Å²) in [6.45, 7) is 5.72. The van der Waals surface area contributed by atoms with Crippen molar-refractivity contribution in [1.29, 1.82) is 0 Å². The van der Waals surface area contributed by atoms with Crippen molar-refractivity contribution >= 4 is 28.0 Å². The molecule has 0 aliphatic carbocycles. The highest BCUT2D eigenvalue weighted by atomic mass is 79.9. The maximum atomic E-state index is 11.7. The monoisotopic (exact) mass is 449 g/mol. The summed E-state index contributed by atoms with van der Waals surface area (Å²) in [7, 11) is 1.32. The third kappa shape index (κ3) is 6.88. The van der Waals surface area contributed by atoms with E-state index < -0.39 is 17.7 Å². The van der Waals surface area contributed by atoms with E-state index in [-0.39, 0.29) is 6.61 Å². The molecule has 1 amide bonds. The quantitative estimate of drug-likeness (QED) is 0.647. The lowest BCUT2D eigenvalue weighted by molar-refractivity contribution is -0.142. The standard InChI is InChI=1S/C21H24BrNO5/c1-21(2,3)28-20(25)23-12-14-5-7-15(8-6-14)16-9-10-18(17(22)11-16)27-13-19(24)26-4/h5-11H,12-13H2,1-4H3,(H,23,25). The van der Waals surface area contributed by atoms with Crippen LogP contribution in [0.3, 0.4) is 0 Å². The number of benzene rings is 2. The molecule has 0 saturated heterocycles. The number of hydrogen-bond donors (Lipinski definition) is 1. The van der Waals surface area contributed by atoms with Crippen LogP contribution in [0, 0.1) is 0 Å². The van der Waals surface area contributed by atoms with Crippen molar-refractivity contribution in [2.45, 2.75) is 32.9 Å². The average Bonchev–Trinajstić information content (AvgIpc) is 2.64. The third-order valence-electron chi connectivity index (χ3n) is 3.63. The van der Waals surface area contributed by atoms with Crippen molar-refractivity contribution in [2.24, 2.45) is 0 Å². The molecule has 0 unspecified atom stereocenters. The molecule has 150 valence electrons. The van der Waals surface area contributed by atoms with E-state index in [1.807, 2.05) is 57.2 Å². The molecule has 0 aromatic heterocycles. The first-order chi connectivity index (χ1) is 13.2. The van der Waals surface area contributed by atoms with Crippen molar-refractivity contribution in [3.8, 4) is 16.9 Å². The minimum absolute atomic E-state index is 0.145. The topological polar surface area (TPSA) is 73.9 Å². The molecule has 0 radical (unpaired) electrons. The molecule has 0 spiro atoms. The highest BCUT2D eigenvalue weighted by Crippen LogP contribution is 2.31. The lowest BCUT2D eigenvalue weighted by Crippen LogP contribution is -2.32. The SMILES string of the molecule is COC(=O)COc1ccc(-c2ccc(CNC(=O)OC(C)(C)C)cc2)cc1Br. The molecule has 0 fully saturated rings. The lowest BCUT2D eigenvalue weighted by Gasteiger charge is -2.19. The molecule has 0 bridgehead atoms. The van der Waals surface area contributed by atoms with Crippen molar-refractivity contribution in [3.63, 3.8) is 0 Å². The normalized spacial score (nSPS) is 10.9. The van der Waals surface area contributed by atoms with E-state index in [0.29, 0.717) is 12.3 Å². The summed E-state index contributed by atoms with van der Waals surface area (Å²) < 4.78 is 15.9. The van der Waals surface area contributed by atoms with Crippen LogP contribution in [0.2, 0.25) is 0 Å². The van der Waals surface area contributed by atoms with E-state index in [4.69, 9.17) is 9.47 Å². The summed E-state index contributed by atoms with van der Waals surface area (Å²) in [5.41, 5.74) is 2.45. The molecular weight excluding hydrogens is 426 g/mol. The molecule has 2 rings (SSSR count). The zero-order valence-electron chi connectivity index (χ0n) is 16.4. The van der Waals surface area contributed by atoms with Crippen LogP contribution in [0.5, 0.6) is 5.75 Å². The molecule has 2 aromatic rings. The van der Waals surface area contributed by atoms with Crippen molar-refractivity contribution in [3.05, 3.63) is 52.5 Å². The van der Waals surface area contributed by atoms with E-state index in [2.05, 4.69) is 26.0 Å². The Bertz CT molecular complexity index is 828. The van der Waals surface area contributed by atoms with Gasteiger partial charge in [0, 0.05) is 6.54 Å². The summed E-state index contributed by atoms with van der Waals surface area (Å²) in [6.07, 6.45) is -0.442. The number of alkyl carbamates (subject to hydrolysis) is 1. The van der Waals surface area contributed by atoms with E-state index in [1.165, 1.54) is 7.11 Å². The van der Waals surface area contributed by atoms with E-state index >= 15 is 0 Å². The van der Waals surface area contributed by atoms with Gasteiger partial charge in [-0.05, 0) is 65.5 Å². The van der Waals surface area contributed by atoms with Crippen molar-refractivity contribution < 1.29 is 23.8 Å². The Morgan fingerprint density at radius 2 is 1.68 bits per heavy atom. The number of carbonyl (C=O) groups is 2. The van der Waals surface area contributed by atoms with Gasteiger partial charge in [0.1, 0.15) is 11.4 Å². The van der Waals surface area contributed by atoms with Crippen LogP contribution in [0.4, 0.5) is 4.79 Å². The van der Waals surface area contributed by atoms with E-state index in [0.717, 1.165) is 21.2 Å². The predicted molar refractivity (Wildman–Crippen MR) is 110 cm³/mol.